The third kappa shape index (κ3) is 7.69. The number of hydrogen-bond donors (Lipinski definition) is 2. The number of rotatable bonds is 9. The lowest BCUT2D eigenvalue weighted by Crippen LogP contribution is -2.42. The predicted octanol–water partition coefficient (Wildman–Crippen LogP) is 7.82. The van der Waals surface area contributed by atoms with Gasteiger partial charge < -0.3 is 19.7 Å². The van der Waals surface area contributed by atoms with E-state index in [-0.39, 0.29) is 23.5 Å². The highest BCUT2D eigenvalue weighted by atomic mass is 19.4. The number of carbonyl (C=O) groups is 2. The fourth-order valence-electron chi connectivity index (χ4n) is 4.95. The summed E-state index contributed by atoms with van der Waals surface area (Å²) in [7, 11) is 1.32. The molecule has 0 fully saturated rings. The Morgan fingerprint density at radius 3 is 2.02 bits per heavy atom. The summed E-state index contributed by atoms with van der Waals surface area (Å²) in [4.78, 5) is 29.2. The van der Waals surface area contributed by atoms with Crippen molar-refractivity contribution in [2.45, 2.75) is 44.8 Å². The molecule has 0 bridgehead atoms. The number of alkyl halides is 3. The molecule has 0 radical (unpaired) electrons. The average Bonchev–Trinajstić information content (AvgIpc) is 3.54. The van der Waals surface area contributed by atoms with Crippen LogP contribution in [0.15, 0.2) is 95.5 Å². The van der Waals surface area contributed by atoms with E-state index >= 15 is 0 Å². The van der Waals surface area contributed by atoms with Crippen LogP contribution in [0.1, 0.15) is 47.8 Å². The van der Waals surface area contributed by atoms with E-state index in [0.29, 0.717) is 39.2 Å². The van der Waals surface area contributed by atoms with Crippen molar-refractivity contribution >= 4 is 11.9 Å². The van der Waals surface area contributed by atoms with Gasteiger partial charge in [-0.1, -0.05) is 80.5 Å². The Hall–Kier alpha value is -5.45. The van der Waals surface area contributed by atoms with Crippen LogP contribution >= 0.6 is 0 Å². The fraction of sp³-hybridized carbons (Fsp3) is 0.222. The second-order valence-electron chi connectivity index (χ2n) is 12.0. The number of carbonyl (C=O) groups excluding carboxylic acids is 1. The van der Waals surface area contributed by atoms with Gasteiger partial charge in [0.05, 0.1) is 12.7 Å². The lowest BCUT2D eigenvalue weighted by molar-refractivity contribution is -0.139. The highest BCUT2D eigenvalue weighted by molar-refractivity contribution is 5.96. The lowest BCUT2D eigenvalue weighted by atomic mass is 9.86. The second-order valence-corrected chi connectivity index (χ2v) is 12.0. The zero-order chi connectivity index (χ0) is 33.9. The summed E-state index contributed by atoms with van der Waals surface area (Å²) in [6.45, 7) is 6.21. The van der Waals surface area contributed by atoms with Gasteiger partial charge in [-0.2, -0.15) is 18.2 Å². The minimum absolute atomic E-state index is 0.0645. The highest BCUT2D eigenvalue weighted by Gasteiger charge is 2.31. The number of nitrogens with one attached hydrogen (secondary N) is 1. The molecule has 11 heteroatoms. The molecule has 8 nitrogen and oxygen atoms in total. The Kier molecular flexibility index (Phi) is 9.19. The smallest absolute Gasteiger partial charge is 0.416 e. The van der Waals surface area contributed by atoms with Crippen LogP contribution in [0.3, 0.4) is 0 Å². The van der Waals surface area contributed by atoms with E-state index < -0.39 is 29.7 Å². The lowest BCUT2D eigenvalue weighted by Gasteiger charge is -2.19. The molecule has 4 aromatic carbocycles. The number of nitrogens with zero attached hydrogens (tertiary/aromatic N) is 2. The highest BCUT2D eigenvalue weighted by Crippen LogP contribution is 2.37. The summed E-state index contributed by atoms with van der Waals surface area (Å²) in [5.41, 5.74) is 3.62. The molecule has 0 aliphatic carbocycles. The van der Waals surface area contributed by atoms with Gasteiger partial charge in [0.25, 0.3) is 11.8 Å². The maximum Gasteiger partial charge on any atom is 0.416 e. The summed E-state index contributed by atoms with van der Waals surface area (Å²) < 4.78 is 50.0. The van der Waals surface area contributed by atoms with Gasteiger partial charge in [-0.25, -0.2) is 4.79 Å². The molecular formula is C36H32F3N3O5. The van der Waals surface area contributed by atoms with Gasteiger partial charge in [0, 0.05) is 28.7 Å². The van der Waals surface area contributed by atoms with Crippen molar-refractivity contribution in [1.29, 1.82) is 0 Å². The number of carboxylic acid groups (broad SMARTS) is 1. The summed E-state index contributed by atoms with van der Waals surface area (Å²) in [6.07, 6.45) is -4.42. The van der Waals surface area contributed by atoms with Crippen LogP contribution in [0.2, 0.25) is 0 Å². The van der Waals surface area contributed by atoms with Crippen molar-refractivity contribution in [2.75, 3.05) is 7.11 Å². The molecule has 1 aromatic heterocycles. The summed E-state index contributed by atoms with van der Waals surface area (Å²) >= 11 is 0. The first kappa shape index (κ1) is 32.9. The van der Waals surface area contributed by atoms with Gasteiger partial charge in [-0.15, -0.1) is 0 Å². The van der Waals surface area contributed by atoms with E-state index in [1.54, 1.807) is 60.7 Å². The normalized spacial score (nSPS) is 12.4. The Morgan fingerprint density at radius 1 is 0.851 bits per heavy atom. The summed E-state index contributed by atoms with van der Waals surface area (Å²) in [5.74, 6) is -0.986. The number of aromatic nitrogens is 2. The van der Waals surface area contributed by atoms with Gasteiger partial charge in [0.15, 0.2) is 0 Å². The van der Waals surface area contributed by atoms with E-state index in [9.17, 15) is 27.9 Å². The Morgan fingerprint density at radius 2 is 1.45 bits per heavy atom. The van der Waals surface area contributed by atoms with Crippen LogP contribution in [0.5, 0.6) is 5.75 Å². The molecule has 242 valence electrons. The van der Waals surface area contributed by atoms with Crippen molar-refractivity contribution in [2.24, 2.45) is 0 Å². The molecule has 5 aromatic rings. The van der Waals surface area contributed by atoms with Crippen molar-refractivity contribution in [3.63, 3.8) is 0 Å². The average molecular weight is 644 g/mol. The summed E-state index contributed by atoms with van der Waals surface area (Å²) in [5, 5.41) is 16.4. The number of methoxy groups -OCH3 is 1. The van der Waals surface area contributed by atoms with Gasteiger partial charge in [-0.05, 0) is 58.5 Å². The number of hydrogen-bond acceptors (Lipinski definition) is 6. The first-order valence-corrected chi connectivity index (χ1v) is 14.7. The number of aliphatic carboxylic acids is 1. The standard InChI is InChI=1S/C36H32F3N3O5/c1-35(2,3)26-15-13-24(14-16-26)32(43)40-29(34(44)45)19-21-5-7-23(8-6-21)31-41-33(47-42-31)25-11-9-22(10-12-25)28-18-17-27(36(37,38)39)20-30(28)46-4/h5-18,20,29H,19H2,1-4H3,(H,40,43)(H,44,45)/t29-/m0/s1. The molecule has 0 spiro atoms. The maximum atomic E-state index is 13.1. The third-order valence-corrected chi connectivity index (χ3v) is 7.67. The quantitative estimate of drug-likeness (QED) is 0.168. The molecular weight excluding hydrogens is 611 g/mol. The summed E-state index contributed by atoms with van der Waals surface area (Å²) in [6, 6.07) is 23.1. The van der Waals surface area contributed by atoms with Crippen molar-refractivity contribution in [3.05, 3.63) is 113 Å². The van der Waals surface area contributed by atoms with Crippen LogP contribution in [0.4, 0.5) is 13.2 Å². The van der Waals surface area contributed by atoms with E-state index in [0.717, 1.165) is 17.7 Å². The maximum absolute atomic E-state index is 13.1. The zero-order valence-electron chi connectivity index (χ0n) is 26.1. The fourth-order valence-corrected chi connectivity index (χ4v) is 4.95. The van der Waals surface area contributed by atoms with Gasteiger partial charge in [0.2, 0.25) is 5.82 Å². The number of amides is 1. The molecule has 0 saturated carbocycles. The zero-order valence-corrected chi connectivity index (χ0v) is 26.1. The second kappa shape index (κ2) is 13.1. The Balaban J connectivity index is 1.25. The predicted molar refractivity (Wildman–Crippen MR) is 170 cm³/mol. The number of ether oxygens (including phenoxy) is 1. The van der Waals surface area contributed by atoms with E-state index in [1.165, 1.54) is 13.2 Å². The molecule has 2 N–H and O–H groups in total. The number of carboxylic acids is 1. The third-order valence-electron chi connectivity index (χ3n) is 7.67. The minimum Gasteiger partial charge on any atom is -0.496 e. The molecule has 0 unspecified atom stereocenters. The largest absolute Gasteiger partial charge is 0.496 e. The van der Waals surface area contributed by atoms with Crippen molar-refractivity contribution in [1.82, 2.24) is 15.5 Å². The molecule has 5 rings (SSSR count). The van der Waals surface area contributed by atoms with E-state index in [1.807, 2.05) is 12.1 Å². The van der Waals surface area contributed by atoms with Crippen molar-refractivity contribution in [3.8, 4) is 39.7 Å². The number of benzene rings is 4. The Labute approximate surface area is 269 Å². The van der Waals surface area contributed by atoms with Crippen molar-refractivity contribution < 1.29 is 37.1 Å². The minimum atomic E-state index is -4.48. The van der Waals surface area contributed by atoms with Crippen LogP contribution in [0.25, 0.3) is 34.0 Å². The van der Waals surface area contributed by atoms with Crippen LogP contribution in [-0.4, -0.2) is 40.3 Å². The molecule has 0 aliphatic rings. The van der Waals surface area contributed by atoms with Crippen LogP contribution in [0, 0.1) is 0 Å². The Bertz CT molecular complexity index is 1880. The molecule has 1 amide bonds. The van der Waals surface area contributed by atoms with E-state index in [4.69, 9.17) is 9.26 Å². The molecule has 1 atom stereocenters. The molecule has 47 heavy (non-hydrogen) atoms. The van der Waals surface area contributed by atoms with Gasteiger partial charge in [-0.3, -0.25) is 4.79 Å². The molecule has 0 aliphatic heterocycles. The SMILES string of the molecule is COc1cc(C(F)(F)F)ccc1-c1ccc(-c2nc(-c3ccc(C[C@H](NC(=O)c4ccc(C(C)(C)C)cc4)C(=O)O)cc3)no2)cc1. The topological polar surface area (TPSA) is 115 Å². The monoisotopic (exact) mass is 643 g/mol. The van der Waals surface area contributed by atoms with Gasteiger partial charge in [0.1, 0.15) is 11.8 Å². The van der Waals surface area contributed by atoms with Crippen LogP contribution in [-0.2, 0) is 22.8 Å². The van der Waals surface area contributed by atoms with E-state index in [2.05, 4.69) is 36.2 Å². The first-order valence-electron chi connectivity index (χ1n) is 14.7. The van der Waals surface area contributed by atoms with Gasteiger partial charge >= 0.3 is 12.1 Å². The first-order chi connectivity index (χ1) is 22.2. The number of halogens is 3. The van der Waals surface area contributed by atoms with Crippen LogP contribution < -0.4 is 10.1 Å². The molecule has 1 heterocycles. The molecule has 0 saturated heterocycles.